The summed E-state index contributed by atoms with van der Waals surface area (Å²) in [6.45, 7) is 6.74. The summed E-state index contributed by atoms with van der Waals surface area (Å²) < 4.78 is 2.28. The molecule has 0 spiro atoms. The zero-order valence-corrected chi connectivity index (χ0v) is 14.1. The van der Waals surface area contributed by atoms with Crippen molar-refractivity contribution in [1.29, 1.82) is 0 Å². The van der Waals surface area contributed by atoms with E-state index in [4.69, 9.17) is 11.6 Å². The first-order valence-corrected chi connectivity index (χ1v) is 10.8. The van der Waals surface area contributed by atoms with Gasteiger partial charge in [0.25, 0.3) is 0 Å². The summed E-state index contributed by atoms with van der Waals surface area (Å²) in [7, 11) is -1.32. The second kappa shape index (κ2) is 4.77. The third-order valence-corrected chi connectivity index (χ3v) is 5.41. The molecule has 0 bridgehead atoms. The number of thiophene rings is 1. The minimum atomic E-state index is -1.32. The number of hydrogen-bond acceptors (Lipinski definition) is 1. The summed E-state index contributed by atoms with van der Waals surface area (Å²) in [5.41, 5.74) is 3.39. The minimum absolute atomic E-state index is 0.774. The molecule has 1 aromatic carbocycles. The fourth-order valence-corrected chi connectivity index (χ4v) is 4.00. The molecule has 0 saturated heterocycles. The van der Waals surface area contributed by atoms with Gasteiger partial charge in [-0.1, -0.05) is 43.2 Å². The molecule has 2 rings (SSSR count). The summed E-state index contributed by atoms with van der Waals surface area (Å²) in [6.07, 6.45) is 0. The maximum absolute atomic E-state index is 5.99. The van der Waals surface area contributed by atoms with Crippen molar-refractivity contribution < 1.29 is 0 Å². The molecule has 88 valence electrons. The lowest BCUT2D eigenvalue weighted by Crippen LogP contribution is -2.16. The highest BCUT2D eigenvalue weighted by Gasteiger charge is 2.11. The van der Waals surface area contributed by atoms with Crippen LogP contribution in [0.15, 0.2) is 22.7 Å². The molecule has 2 aromatic rings. The van der Waals surface area contributed by atoms with Crippen molar-refractivity contribution in [2.45, 2.75) is 19.6 Å². The van der Waals surface area contributed by atoms with Crippen LogP contribution in [0.4, 0.5) is 0 Å². The van der Waals surface area contributed by atoms with Gasteiger partial charge in [0.15, 0.2) is 0 Å². The van der Waals surface area contributed by atoms with E-state index in [2.05, 4.69) is 47.0 Å². The van der Waals surface area contributed by atoms with Crippen molar-refractivity contribution in [3.63, 3.8) is 0 Å². The van der Waals surface area contributed by atoms with Crippen molar-refractivity contribution in [3.8, 4) is 11.5 Å². The summed E-state index contributed by atoms with van der Waals surface area (Å²) in [5.74, 6) is 3.30. The summed E-state index contributed by atoms with van der Waals surface area (Å²) in [5, 5.41) is 1.97. The zero-order chi connectivity index (χ0) is 12.6. The molecule has 17 heavy (non-hydrogen) atoms. The largest absolute Gasteiger partial charge is 0.129 e. The lowest BCUT2D eigenvalue weighted by atomic mass is 10.2. The number of benzene rings is 1. The Hall–Kier alpha value is -0.273. The zero-order valence-electron chi connectivity index (χ0n) is 9.90. The van der Waals surface area contributed by atoms with Crippen LogP contribution in [0.25, 0.3) is 10.1 Å². The Kier molecular flexibility index (Phi) is 3.70. The Morgan fingerprint density at radius 2 is 2.00 bits per heavy atom. The highest BCUT2D eigenvalue weighted by molar-refractivity contribution is 9.10. The second-order valence-electron chi connectivity index (χ2n) is 4.89. The van der Waals surface area contributed by atoms with Gasteiger partial charge in [0.1, 0.15) is 8.07 Å². The monoisotopic (exact) mass is 342 g/mol. The molecule has 0 radical (unpaired) electrons. The standard InChI is InChI=1S/C13H12BrClSSi/c1-17(2,3)7-6-11-13(14)10-5-4-9(15)8-12(10)16-11/h4-5,8H,1-3H3. The lowest BCUT2D eigenvalue weighted by molar-refractivity contribution is 1.79. The van der Waals surface area contributed by atoms with E-state index >= 15 is 0 Å². The van der Waals surface area contributed by atoms with Gasteiger partial charge in [-0.05, 0) is 28.1 Å². The van der Waals surface area contributed by atoms with Crippen molar-refractivity contribution >= 4 is 57.0 Å². The first kappa shape index (κ1) is 13.2. The van der Waals surface area contributed by atoms with Crippen LogP contribution in [-0.2, 0) is 0 Å². The molecule has 0 unspecified atom stereocenters. The summed E-state index contributed by atoms with van der Waals surface area (Å²) in [4.78, 5) is 1.10. The molecule has 0 nitrogen and oxygen atoms in total. The first-order valence-electron chi connectivity index (χ1n) is 5.27. The highest BCUT2D eigenvalue weighted by Crippen LogP contribution is 2.36. The Morgan fingerprint density at radius 3 is 2.65 bits per heavy atom. The molecule has 0 N–H and O–H groups in total. The van der Waals surface area contributed by atoms with E-state index in [-0.39, 0.29) is 0 Å². The fourth-order valence-electron chi connectivity index (χ4n) is 1.36. The van der Waals surface area contributed by atoms with Crippen LogP contribution in [0.5, 0.6) is 0 Å². The van der Waals surface area contributed by atoms with Crippen LogP contribution in [-0.4, -0.2) is 8.07 Å². The molecular formula is C13H12BrClSSi. The maximum atomic E-state index is 5.99. The summed E-state index contributed by atoms with van der Waals surface area (Å²) >= 11 is 11.3. The Bertz CT molecular complexity index is 628. The molecular weight excluding hydrogens is 332 g/mol. The molecule has 0 fully saturated rings. The molecule has 1 heterocycles. The van der Waals surface area contributed by atoms with Crippen LogP contribution in [0.2, 0.25) is 24.7 Å². The predicted molar refractivity (Wildman–Crippen MR) is 84.8 cm³/mol. The topological polar surface area (TPSA) is 0 Å². The van der Waals surface area contributed by atoms with Crippen LogP contribution in [0.1, 0.15) is 4.88 Å². The van der Waals surface area contributed by atoms with E-state index in [0.29, 0.717) is 0 Å². The average molecular weight is 344 g/mol. The van der Waals surface area contributed by atoms with Crippen molar-refractivity contribution in [2.75, 3.05) is 0 Å². The van der Waals surface area contributed by atoms with Crippen molar-refractivity contribution in [1.82, 2.24) is 0 Å². The lowest BCUT2D eigenvalue weighted by Gasteiger charge is -2.02. The van der Waals surface area contributed by atoms with E-state index in [1.54, 1.807) is 11.3 Å². The minimum Gasteiger partial charge on any atom is -0.126 e. The molecule has 1 aromatic heterocycles. The van der Waals surface area contributed by atoms with Crippen molar-refractivity contribution in [3.05, 3.63) is 32.6 Å². The third-order valence-electron chi connectivity index (χ3n) is 2.14. The van der Waals surface area contributed by atoms with Gasteiger partial charge in [-0.3, -0.25) is 0 Å². The van der Waals surface area contributed by atoms with E-state index in [9.17, 15) is 0 Å². The van der Waals surface area contributed by atoms with Gasteiger partial charge in [-0.2, -0.15) is 0 Å². The van der Waals surface area contributed by atoms with Crippen molar-refractivity contribution in [2.24, 2.45) is 0 Å². The second-order valence-corrected chi connectivity index (χ2v) is 11.9. The molecule has 0 aliphatic heterocycles. The Labute approximate surface area is 120 Å². The smallest absolute Gasteiger partial charge is 0.126 e. The normalized spacial score (nSPS) is 11.4. The first-order chi connectivity index (χ1) is 7.87. The Morgan fingerprint density at radius 1 is 1.29 bits per heavy atom. The highest BCUT2D eigenvalue weighted by atomic mass is 79.9. The SMILES string of the molecule is C[Si](C)(C)C#Cc1sc2cc(Cl)ccc2c1Br. The van der Waals surface area contributed by atoms with Crippen LogP contribution < -0.4 is 0 Å². The van der Waals surface area contributed by atoms with E-state index in [1.165, 1.54) is 10.1 Å². The molecule has 0 atom stereocenters. The maximum Gasteiger partial charge on any atom is 0.129 e. The van der Waals surface area contributed by atoms with E-state index in [0.717, 1.165) is 14.4 Å². The molecule has 0 aliphatic rings. The Balaban J connectivity index is 2.55. The van der Waals surface area contributed by atoms with E-state index < -0.39 is 8.07 Å². The number of hydrogen-bond donors (Lipinski definition) is 0. The molecule has 4 heteroatoms. The summed E-state index contributed by atoms with van der Waals surface area (Å²) in [6, 6.07) is 5.95. The van der Waals surface area contributed by atoms with Gasteiger partial charge in [0.05, 0.1) is 9.35 Å². The van der Waals surface area contributed by atoms with Crippen LogP contribution in [0, 0.1) is 11.5 Å². The van der Waals surface area contributed by atoms with Gasteiger partial charge in [0, 0.05) is 15.1 Å². The van der Waals surface area contributed by atoms with Crippen LogP contribution >= 0.6 is 38.9 Å². The van der Waals surface area contributed by atoms with Gasteiger partial charge in [0.2, 0.25) is 0 Å². The fraction of sp³-hybridized carbons (Fsp3) is 0.231. The van der Waals surface area contributed by atoms with Gasteiger partial charge >= 0.3 is 0 Å². The number of rotatable bonds is 0. The third kappa shape index (κ3) is 3.14. The van der Waals surface area contributed by atoms with Crippen LogP contribution in [0.3, 0.4) is 0 Å². The molecule has 0 aliphatic carbocycles. The quantitative estimate of drug-likeness (QED) is 0.435. The molecule has 0 saturated carbocycles. The average Bonchev–Trinajstić information content (AvgIpc) is 2.51. The number of fused-ring (bicyclic) bond motifs is 1. The van der Waals surface area contributed by atoms with Gasteiger partial charge < -0.3 is 0 Å². The van der Waals surface area contributed by atoms with Gasteiger partial charge in [-0.15, -0.1) is 16.9 Å². The van der Waals surface area contributed by atoms with Gasteiger partial charge in [-0.25, -0.2) is 0 Å². The van der Waals surface area contributed by atoms with E-state index in [1.807, 2.05) is 18.2 Å². The molecule has 0 amide bonds. The predicted octanol–water partition coefficient (Wildman–Crippen LogP) is 5.55. The number of halogens is 2.